The summed E-state index contributed by atoms with van der Waals surface area (Å²) in [5.41, 5.74) is 1.60. The number of anilines is 2. The van der Waals surface area contributed by atoms with E-state index in [1.54, 1.807) is 55.6 Å². The first-order valence-corrected chi connectivity index (χ1v) is 9.67. The van der Waals surface area contributed by atoms with Gasteiger partial charge in [-0.1, -0.05) is 0 Å². The maximum Gasteiger partial charge on any atom is 0.262 e. The number of carbonyl (C=O) groups is 2. The van der Waals surface area contributed by atoms with Crippen LogP contribution in [0.25, 0.3) is 0 Å². The first kappa shape index (κ1) is 21.3. The van der Waals surface area contributed by atoms with Gasteiger partial charge in [0.15, 0.2) is 6.61 Å². The quantitative estimate of drug-likeness (QED) is 0.514. The lowest BCUT2D eigenvalue weighted by atomic mass is 10.2. The highest BCUT2D eigenvalue weighted by Gasteiger charge is 2.09. The Hall–Kier alpha value is -3.39. The van der Waals surface area contributed by atoms with Gasteiger partial charge < -0.3 is 20.1 Å². The molecule has 0 saturated carbocycles. The Morgan fingerprint density at radius 3 is 2.20 bits per heavy atom. The molecule has 2 N–H and O–H groups in total. The molecule has 0 fully saturated rings. The van der Waals surface area contributed by atoms with E-state index in [1.807, 2.05) is 0 Å². The summed E-state index contributed by atoms with van der Waals surface area (Å²) in [6.07, 6.45) is 0. The molecular weight excluding hydrogens is 455 g/mol. The zero-order chi connectivity index (χ0) is 21.5. The predicted octanol–water partition coefficient (Wildman–Crippen LogP) is 4.87. The van der Waals surface area contributed by atoms with Gasteiger partial charge in [-0.3, -0.25) is 9.59 Å². The molecule has 0 radical (unpaired) electrons. The summed E-state index contributed by atoms with van der Waals surface area (Å²) in [6, 6.07) is 17.4. The van der Waals surface area contributed by atoms with Crippen LogP contribution in [0.1, 0.15) is 10.4 Å². The first-order chi connectivity index (χ1) is 14.4. The van der Waals surface area contributed by atoms with E-state index in [1.165, 1.54) is 18.2 Å². The zero-order valence-corrected chi connectivity index (χ0v) is 17.5. The average molecular weight is 473 g/mol. The highest BCUT2D eigenvalue weighted by Crippen LogP contribution is 2.25. The normalized spacial score (nSPS) is 10.2. The van der Waals surface area contributed by atoms with Crippen LogP contribution in [0, 0.1) is 5.82 Å². The van der Waals surface area contributed by atoms with E-state index in [-0.39, 0.29) is 18.4 Å². The SMILES string of the molecule is COc1ccc(NC(=O)c2ccc(NC(=O)COc3ccc(F)cc3Br)cc2)cc1. The van der Waals surface area contributed by atoms with Gasteiger partial charge in [-0.05, 0) is 82.7 Å². The molecule has 0 aliphatic heterocycles. The summed E-state index contributed by atoms with van der Waals surface area (Å²) in [5, 5.41) is 5.46. The third-order valence-corrected chi connectivity index (χ3v) is 4.65. The third kappa shape index (κ3) is 5.81. The summed E-state index contributed by atoms with van der Waals surface area (Å²) in [5.74, 6) is -0.0139. The predicted molar refractivity (Wildman–Crippen MR) is 116 cm³/mol. The van der Waals surface area contributed by atoms with E-state index < -0.39 is 5.82 Å². The molecule has 30 heavy (non-hydrogen) atoms. The molecule has 3 rings (SSSR count). The number of amides is 2. The van der Waals surface area contributed by atoms with Crippen molar-refractivity contribution in [3.63, 3.8) is 0 Å². The Balaban J connectivity index is 1.52. The van der Waals surface area contributed by atoms with Crippen molar-refractivity contribution in [3.05, 3.63) is 82.6 Å². The number of carbonyl (C=O) groups excluding carboxylic acids is 2. The number of ether oxygens (including phenoxy) is 2. The molecule has 2 amide bonds. The number of methoxy groups -OCH3 is 1. The van der Waals surface area contributed by atoms with Crippen molar-refractivity contribution >= 4 is 39.1 Å². The van der Waals surface area contributed by atoms with Crippen molar-refractivity contribution in [2.75, 3.05) is 24.4 Å². The second kappa shape index (κ2) is 9.89. The first-order valence-electron chi connectivity index (χ1n) is 8.88. The highest BCUT2D eigenvalue weighted by atomic mass is 79.9. The van der Waals surface area contributed by atoms with Gasteiger partial charge >= 0.3 is 0 Å². The highest BCUT2D eigenvalue weighted by molar-refractivity contribution is 9.10. The molecule has 0 unspecified atom stereocenters. The molecule has 0 aliphatic carbocycles. The van der Waals surface area contributed by atoms with Crippen LogP contribution < -0.4 is 20.1 Å². The van der Waals surface area contributed by atoms with Gasteiger partial charge in [-0.15, -0.1) is 0 Å². The number of hydrogen-bond acceptors (Lipinski definition) is 4. The molecule has 3 aromatic carbocycles. The van der Waals surface area contributed by atoms with Crippen molar-refractivity contribution in [2.24, 2.45) is 0 Å². The third-order valence-electron chi connectivity index (χ3n) is 4.03. The molecule has 0 aliphatic rings. The van der Waals surface area contributed by atoms with E-state index in [4.69, 9.17) is 9.47 Å². The summed E-state index contributed by atoms with van der Waals surface area (Å²) in [4.78, 5) is 24.4. The number of rotatable bonds is 7. The number of hydrogen-bond donors (Lipinski definition) is 2. The van der Waals surface area contributed by atoms with Gasteiger partial charge in [0.25, 0.3) is 11.8 Å². The van der Waals surface area contributed by atoms with Gasteiger partial charge in [0, 0.05) is 16.9 Å². The summed E-state index contributed by atoms with van der Waals surface area (Å²) >= 11 is 3.18. The van der Waals surface area contributed by atoms with Crippen molar-refractivity contribution in [1.82, 2.24) is 0 Å². The van der Waals surface area contributed by atoms with Crippen molar-refractivity contribution < 1.29 is 23.5 Å². The molecule has 0 atom stereocenters. The molecule has 0 spiro atoms. The number of halogens is 2. The summed E-state index contributed by atoms with van der Waals surface area (Å²) < 4.78 is 24.0. The molecule has 8 heteroatoms. The van der Waals surface area contributed by atoms with E-state index in [2.05, 4.69) is 26.6 Å². The maximum atomic E-state index is 13.1. The Kier molecular flexibility index (Phi) is 7.03. The van der Waals surface area contributed by atoms with Crippen LogP contribution in [0.2, 0.25) is 0 Å². The van der Waals surface area contributed by atoms with Crippen LogP contribution in [0.15, 0.2) is 71.2 Å². The second-order valence-electron chi connectivity index (χ2n) is 6.17. The van der Waals surface area contributed by atoms with E-state index in [9.17, 15) is 14.0 Å². The van der Waals surface area contributed by atoms with E-state index in [0.717, 1.165) is 0 Å². The van der Waals surface area contributed by atoms with E-state index >= 15 is 0 Å². The smallest absolute Gasteiger partial charge is 0.262 e. The van der Waals surface area contributed by atoms with Crippen molar-refractivity contribution in [2.45, 2.75) is 0 Å². The summed E-state index contributed by atoms with van der Waals surface area (Å²) in [7, 11) is 1.57. The topological polar surface area (TPSA) is 76.7 Å². The minimum atomic E-state index is -0.408. The van der Waals surface area contributed by atoms with Crippen LogP contribution >= 0.6 is 15.9 Å². The van der Waals surface area contributed by atoms with Crippen LogP contribution in [0.5, 0.6) is 11.5 Å². The lowest BCUT2D eigenvalue weighted by Gasteiger charge is -2.10. The van der Waals surface area contributed by atoms with Crippen LogP contribution in [0.3, 0.4) is 0 Å². The maximum absolute atomic E-state index is 13.1. The Morgan fingerprint density at radius 1 is 0.933 bits per heavy atom. The van der Waals surface area contributed by atoms with Crippen LogP contribution in [-0.4, -0.2) is 25.5 Å². The summed E-state index contributed by atoms with van der Waals surface area (Å²) in [6.45, 7) is -0.246. The molecule has 6 nitrogen and oxygen atoms in total. The molecule has 154 valence electrons. The van der Waals surface area contributed by atoms with Gasteiger partial charge in [-0.25, -0.2) is 4.39 Å². The fraction of sp³-hybridized carbons (Fsp3) is 0.0909. The van der Waals surface area contributed by atoms with Gasteiger partial charge in [0.2, 0.25) is 0 Å². The Morgan fingerprint density at radius 2 is 1.57 bits per heavy atom. The van der Waals surface area contributed by atoms with Crippen molar-refractivity contribution in [1.29, 1.82) is 0 Å². The Bertz CT molecular complexity index is 1040. The lowest BCUT2D eigenvalue weighted by molar-refractivity contribution is -0.118. The minimum Gasteiger partial charge on any atom is -0.497 e. The van der Waals surface area contributed by atoms with Crippen LogP contribution in [-0.2, 0) is 4.79 Å². The van der Waals surface area contributed by atoms with Crippen molar-refractivity contribution in [3.8, 4) is 11.5 Å². The fourth-order valence-electron chi connectivity index (χ4n) is 2.52. The van der Waals surface area contributed by atoms with Gasteiger partial charge in [-0.2, -0.15) is 0 Å². The Labute approximate surface area is 181 Å². The molecule has 0 bridgehead atoms. The monoisotopic (exact) mass is 472 g/mol. The standard InChI is InChI=1S/C22H18BrFN2O4/c1-29-18-9-7-17(8-10-18)26-22(28)14-2-5-16(6-3-14)25-21(27)13-30-20-11-4-15(24)12-19(20)23/h2-12H,13H2,1H3,(H,25,27)(H,26,28). The largest absolute Gasteiger partial charge is 0.497 e. The molecule has 0 aromatic heterocycles. The number of nitrogens with one attached hydrogen (secondary N) is 2. The second-order valence-corrected chi connectivity index (χ2v) is 7.03. The number of benzene rings is 3. The lowest BCUT2D eigenvalue weighted by Crippen LogP contribution is -2.20. The molecule has 3 aromatic rings. The van der Waals surface area contributed by atoms with Crippen LogP contribution in [0.4, 0.5) is 15.8 Å². The minimum absolute atomic E-state index is 0.246. The molecule has 0 heterocycles. The molecular formula is C22H18BrFN2O4. The van der Waals surface area contributed by atoms with E-state index in [0.29, 0.717) is 32.9 Å². The zero-order valence-electron chi connectivity index (χ0n) is 15.9. The molecule has 0 saturated heterocycles. The fourth-order valence-corrected chi connectivity index (χ4v) is 2.98. The van der Waals surface area contributed by atoms with Gasteiger partial charge in [0.05, 0.1) is 11.6 Å². The van der Waals surface area contributed by atoms with Gasteiger partial charge in [0.1, 0.15) is 17.3 Å². The average Bonchev–Trinajstić information content (AvgIpc) is 2.74.